The van der Waals surface area contributed by atoms with E-state index in [1.165, 1.54) is 5.56 Å². The van der Waals surface area contributed by atoms with Crippen LogP contribution in [-0.4, -0.2) is 4.98 Å². The number of nitriles is 1. The molecule has 84 valence electrons. The molecule has 0 radical (unpaired) electrons. The molecule has 0 amide bonds. The molecular weight excluding hydrogens is 232 g/mol. The van der Waals surface area contributed by atoms with Crippen LogP contribution in [0.2, 0.25) is 5.15 Å². The van der Waals surface area contributed by atoms with Gasteiger partial charge in [0, 0.05) is 5.56 Å². The number of benzene rings is 1. The zero-order chi connectivity index (χ0) is 12.3. The Morgan fingerprint density at radius 3 is 2.41 bits per heavy atom. The molecule has 2 rings (SSSR count). The maximum atomic E-state index is 8.77. The van der Waals surface area contributed by atoms with E-state index in [0.29, 0.717) is 5.56 Å². The van der Waals surface area contributed by atoms with E-state index in [1.54, 1.807) is 6.07 Å². The van der Waals surface area contributed by atoms with Crippen molar-refractivity contribution in [2.75, 3.05) is 0 Å². The maximum absolute atomic E-state index is 8.77. The summed E-state index contributed by atoms with van der Waals surface area (Å²) in [7, 11) is 0. The molecule has 0 saturated carbocycles. The summed E-state index contributed by atoms with van der Waals surface area (Å²) < 4.78 is 0. The molecule has 0 aliphatic rings. The average Bonchev–Trinajstić information content (AvgIpc) is 2.39. The zero-order valence-corrected chi connectivity index (χ0v) is 10.2. The second-order valence-electron chi connectivity index (χ2n) is 3.70. The minimum absolute atomic E-state index is 0.254. The van der Waals surface area contributed by atoms with E-state index in [4.69, 9.17) is 16.9 Å². The van der Waals surface area contributed by atoms with Gasteiger partial charge in [0.05, 0.1) is 11.3 Å². The summed E-state index contributed by atoms with van der Waals surface area (Å²) in [5, 5.41) is 9.03. The first-order valence-electron chi connectivity index (χ1n) is 5.40. The fraction of sp³-hybridized carbons (Fsp3) is 0.143. The van der Waals surface area contributed by atoms with Gasteiger partial charge in [-0.25, -0.2) is 4.98 Å². The van der Waals surface area contributed by atoms with E-state index >= 15 is 0 Å². The highest BCUT2D eigenvalue weighted by Gasteiger charge is 2.04. The Kier molecular flexibility index (Phi) is 3.41. The lowest BCUT2D eigenvalue weighted by Gasteiger charge is -2.03. The molecular formula is C14H11ClN2. The molecule has 2 aromatic rings. The molecule has 3 heteroatoms. The van der Waals surface area contributed by atoms with Crippen LogP contribution in [0.5, 0.6) is 0 Å². The summed E-state index contributed by atoms with van der Waals surface area (Å²) in [5.41, 5.74) is 3.49. The van der Waals surface area contributed by atoms with Gasteiger partial charge >= 0.3 is 0 Å². The molecule has 1 aromatic heterocycles. The Labute approximate surface area is 105 Å². The molecule has 0 bridgehead atoms. The van der Waals surface area contributed by atoms with Gasteiger partial charge in [-0.15, -0.1) is 0 Å². The summed E-state index contributed by atoms with van der Waals surface area (Å²) in [4.78, 5) is 4.21. The van der Waals surface area contributed by atoms with Gasteiger partial charge < -0.3 is 0 Å². The van der Waals surface area contributed by atoms with Crippen LogP contribution in [0.4, 0.5) is 0 Å². The Hall–Kier alpha value is -1.85. The topological polar surface area (TPSA) is 36.7 Å². The van der Waals surface area contributed by atoms with Gasteiger partial charge in [0.2, 0.25) is 0 Å². The second-order valence-corrected chi connectivity index (χ2v) is 4.06. The van der Waals surface area contributed by atoms with Crippen LogP contribution in [0.15, 0.2) is 36.4 Å². The van der Waals surface area contributed by atoms with Crippen LogP contribution < -0.4 is 0 Å². The molecule has 0 unspecified atom stereocenters. The van der Waals surface area contributed by atoms with Crippen molar-refractivity contribution in [2.45, 2.75) is 13.3 Å². The largest absolute Gasteiger partial charge is 0.235 e. The van der Waals surface area contributed by atoms with E-state index in [2.05, 4.69) is 24.0 Å². The monoisotopic (exact) mass is 242 g/mol. The van der Waals surface area contributed by atoms with E-state index in [9.17, 15) is 0 Å². The number of nitrogens with zero attached hydrogens (tertiary/aromatic N) is 2. The van der Waals surface area contributed by atoms with E-state index in [-0.39, 0.29) is 5.15 Å². The van der Waals surface area contributed by atoms with Crippen molar-refractivity contribution in [1.29, 1.82) is 5.26 Å². The van der Waals surface area contributed by atoms with Gasteiger partial charge in [-0.05, 0) is 24.1 Å². The quantitative estimate of drug-likeness (QED) is 0.751. The minimum atomic E-state index is 0.254. The van der Waals surface area contributed by atoms with E-state index in [0.717, 1.165) is 17.7 Å². The third kappa shape index (κ3) is 2.46. The van der Waals surface area contributed by atoms with Crippen molar-refractivity contribution >= 4 is 11.6 Å². The van der Waals surface area contributed by atoms with E-state index in [1.807, 2.05) is 24.3 Å². The molecule has 17 heavy (non-hydrogen) atoms. The van der Waals surface area contributed by atoms with Gasteiger partial charge in [0.1, 0.15) is 11.2 Å². The highest BCUT2D eigenvalue weighted by Crippen LogP contribution is 2.21. The summed E-state index contributed by atoms with van der Waals surface area (Å²) in [5.74, 6) is 0. The second kappa shape index (κ2) is 4.99. The summed E-state index contributed by atoms with van der Waals surface area (Å²) in [6.07, 6.45) is 1.02. The van der Waals surface area contributed by atoms with Gasteiger partial charge in [-0.1, -0.05) is 42.8 Å². The average molecular weight is 243 g/mol. The Morgan fingerprint density at radius 1 is 1.18 bits per heavy atom. The Balaban J connectivity index is 2.40. The van der Waals surface area contributed by atoms with Gasteiger partial charge in [-0.2, -0.15) is 5.26 Å². The first kappa shape index (κ1) is 11.6. The third-order valence-corrected chi connectivity index (χ3v) is 2.92. The molecule has 0 atom stereocenters. The van der Waals surface area contributed by atoms with Crippen molar-refractivity contribution in [3.05, 3.63) is 52.7 Å². The number of aromatic nitrogens is 1. The van der Waals surface area contributed by atoms with Crippen molar-refractivity contribution in [3.63, 3.8) is 0 Å². The molecule has 0 saturated heterocycles. The van der Waals surface area contributed by atoms with Gasteiger partial charge in [0.25, 0.3) is 0 Å². The number of pyridine rings is 1. The molecule has 0 N–H and O–H groups in total. The lowest BCUT2D eigenvalue weighted by Crippen LogP contribution is -1.88. The molecule has 1 heterocycles. The Morgan fingerprint density at radius 2 is 1.88 bits per heavy atom. The van der Waals surface area contributed by atoms with Crippen LogP contribution >= 0.6 is 11.6 Å². The summed E-state index contributed by atoms with van der Waals surface area (Å²) in [6.45, 7) is 2.12. The molecule has 0 aliphatic carbocycles. The number of aryl methyl sites for hydroxylation is 1. The van der Waals surface area contributed by atoms with Gasteiger partial charge in [-0.3, -0.25) is 0 Å². The summed E-state index contributed by atoms with van der Waals surface area (Å²) in [6, 6.07) is 13.7. The highest BCUT2D eigenvalue weighted by atomic mass is 35.5. The number of hydrogen-bond acceptors (Lipinski definition) is 2. The molecule has 0 fully saturated rings. The number of hydrogen-bond donors (Lipinski definition) is 0. The van der Waals surface area contributed by atoms with Crippen LogP contribution in [0, 0.1) is 11.3 Å². The standard InChI is InChI=1S/C14H11ClN2/c1-2-10-3-5-11(6-4-10)13-8-7-12(9-16)14(15)17-13/h3-8H,2H2,1H3. The normalized spacial score (nSPS) is 9.94. The summed E-state index contributed by atoms with van der Waals surface area (Å²) >= 11 is 5.90. The third-order valence-electron chi connectivity index (χ3n) is 2.63. The van der Waals surface area contributed by atoms with Crippen molar-refractivity contribution in [2.24, 2.45) is 0 Å². The Bertz CT molecular complexity index is 568. The SMILES string of the molecule is CCc1ccc(-c2ccc(C#N)c(Cl)n2)cc1. The van der Waals surface area contributed by atoms with Crippen LogP contribution in [0.3, 0.4) is 0 Å². The van der Waals surface area contributed by atoms with Crippen molar-refractivity contribution in [3.8, 4) is 17.3 Å². The molecule has 2 nitrogen and oxygen atoms in total. The van der Waals surface area contributed by atoms with Crippen LogP contribution in [0.1, 0.15) is 18.1 Å². The van der Waals surface area contributed by atoms with Crippen molar-refractivity contribution in [1.82, 2.24) is 4.98 Å². The first-order chi connectivity index (χ1) is 8.24. The van der Waals surface area contributed by atoms with Gasteiger partial charge in [0.15, 0.2) is 0 Å². The first-order valence-corrected chi connectivity index (χ1v) is 5.78. The predicted octanol–water partition coefficient (Wildman–Crippen LogP) is 3.84. The molecule has 0 aliphatic heterocycles. The van der Waals surface area contributed by atoms with Crippen molar-refractivity contribution < 1.29 is 0 Å². The fourth-order valence-electron chi connectivity index (χ4n) is 1.59. The molecule has 0 spiro atoms. The highest BCUT2D eigenvalue weighted by molar-refractivity contribution is 6.30. The lowest BCUT2D eigenvalue weighted by molar-refractivity contribution is 1.14. The van der Waals surface area contributed by atoms with E-state index < -0.39 is 0 Å². The maximum Gasteiger partial charge on any atom is 0.147 e. The van der Waals surface area contributed by atoms with Crippen LogP contribution in [-0.2, 0) is 6.42 Å². The minimum Gasteiger partial charge on any atom is -0.235 e. The number of rotatable bonds is 2. The van der Waals surface area contributed by atoms with Crippen LogP contribution in [0.25, 0.3) is 11.3 Å². The lowest BCUT2D eigenvalue weighted by atomic mass is 10.1. The zero-order valence-electron chi connectivity index (χ0n) is 9.44. The number of halogens is 1. The smallest absolute Gasteiger partial charge is 0.147 e. The molecule has 1 aromatic carbocycles. The predicted molar refractivity (Wildman–Crippen MR) is 68.8 cm³/mol. The fourth-order valence-corrected chi connectivity index (χ4v) is 1.79.